The fraction of sp³-hybridized carbons (Fsp3) is 0.190. The fourth-order valence-corrected chi connectivity index (χ4v) is 2.80. The maximum absolute atomic E-state index is 6.47. The summed E-state index contributed by atoms with van der Waals surface area (Å²) in [6.45, 7) is 3.50. The Balaban J connectivity index is 1.74. The van der Waals surface area contributed by atoms with Crippen molar-refractivity contribution in [1.82, 2.24) is 4.98 Å². The van der Waals surface area contributed by atoms with E-state index in [2.05, 4.69) is 10.3 Å². The van der Waals surface area contributed by atoms with Gasteiger partial charge in [0.05, 0.1) is 11.6 Å². The van der Waals surface area contributed by atoms with Crippen LogP contribution in [-0.2, 0) is 13.2 Å². The van der Waals surface area contributed by atoms with E-state index < -0.39 is 0 Å². The quantitative estimate of drug-likeness (QED) is 0.584. The normalized spacial score (nSPS) is 10.4. The third-order valence-corrected chi connectivity index (χ3v) is 4.01. The zero-order valence-corrected chi connectivity index (χ0v) is 15.4. The monoisotopic (exact) mass is 368 g/mol. The molecule has 3 rings (SSSR count). The lowest BCUT2D eigenvalue weighted by molar-refractivity contribution is 0.269. The molecule has 0 saturated carbocycles. The van der Waals surface area contributed by atoms with Crippen molar-refractivity contribution in [3.8, 4) is 11.5 Å². The molecule has 2 aromatic carbocycles. The van der Waals surface area contributed by atoms with Gasteiger partial charge < -0.3 is 14.8 Å². The van der Waals surface area contributed by atoms with Crippen LogP contribution < -0.4 is 14.8 Å². The molecule has 0 bridgehead atoms. The van der Waals surface area contributed by atoms with E-state index in [0.29, 0.717) is 36.3 Å². The van der Waals surface area contributed by atoms with Crippen LogP contribution >= 0.6 is 11.6 Å². The van der Waals surface area contributed by atoms with Gasteiger partial charge in [0, 0.05) is 12.7 Å². The molecule has 0 saturated heterocycles. The summed E-state index contributed by atoms with van der Waals surface area (Å²) >= 11 is 6.47. The summed E-state index contributed by atoms with van der Waals surface area (Å²) in [5, 5.41) is 3.80. The van der Waals surface area contributed by atoms with Crippen molar-refractivity contribution in [2.24, 2.45) is 0 Å². The molecule has 0 spiro atoms. The molecule has 5 heteroatoms. The highest BCUT2D eigenvalue weighted by molar-refractivity contribution is 6.32. The Morgan fingerprint density at radius 1 is 0.962 bits per heavy atom. The number of hydrogen-bond acceptors (Lipinski definition) is 4. The second-order valence-electron chi connectivity index (χ2n) is 5.68. The molecule has 134 valence electrons. The molecule has 0 atom stereocenters. The van der Waals surface area contributed by atoms with Crippen molar-refractivity contribution in [2.45, 2.75) is 20.1 Å². The lowest BCUT2D eigenvalue weighted by atomic mass is 10.2. The average Bonchev–Trinajstić information content (AvgIpc) is 2.67. The molecule has 4 nitrogen and oxygen atoms in total. The van der Waals surface area contributed by atoms with E-state index in [1.165, 1.54) is 0 Å². The number of nitrogens with zero attached hydrogens (tertiary/aromatic N) is 1. The van der Waals surface area contributed by atoms with Gasteiger partial charge in [0.15, 0.2) is 11.5 Å². The summed E-state index contributed by atoms with van der Waals surface area (Å²) in [7, 11) is 0. The first-order chi connectivity index (χ1) is 12.8. The molecular weight excluding hydrogens is 348 g/mol. The predicted octanol–water partition coefficient (Wildman–Crippen LogP) is 5.32. The molecule has 0 fully saturated rings. The van der Waals surface area contributed by atoms with Crippen molar-refractivity contribution >= 4 is 17.4 Å². The highest BCUT2D eigenvalue weighted by Crippen LogP contribution is 2.37. The number of hydrogen-bond donors (Lipinski definition) is 1. The van der Waals surface area contributed by atoms with Gasteiger partial charge in [-0.15, -0.1) is 0 Å². The van der Waals surface area contributed by atoms with Crippen LogP contribution in [-0.4, -0.2) is 11.6 Å². The molecule has 0 aliphatic carbocycles. The maximum atomic E-state index is 6.47. The fourth-order valence-electron chi connectivity index (χ4n) is 2.52. The molecule has 0 amide bonds. The zero-order chi connectivity index (χ0) is 18.2. The van der Waals surface area contributed by atoms with E-state index in [4.69, 9.17) is 21.1 Å². The first-order valence-electron chi connectivity index (χ1n) is 8.53. The van der Waals surface area contributed by atoms with E-state index in [-0.39, 0.29) is 0 Å². The van der Waals surface area contributed by atoms with Crippen molar-refractivity contribution in [3.63, 3.8) is 0 Å². The SMILES string of the molecule is CCOc1cc(CNc2ccccn2)cc(Cl)c1OCc1ccccc1. The Morgan fingerprint density at radius 3 is 2.50 bits per heavy atom. The lowest BCUT2D eigenvalue weighted by Gasteiger charge is -2.16. The molecule has 1 N–H and O–H groups in total. The summed E-state index contributed by atoms with van der Waals surface area (Å²) in [4.78, 5) is 4.26. The lowest BCUT2D eigenvalue weighted by Crippen LogP contribution is -2.04. The van der Waals surface area contributed by atoms with Crippen molar-refractivity contribution < 1.29 is 9.47 Å². The zero-order valence-electron chi connectivity index (χ0n) is 14.6. The van der Waals surface area contributed by atoms with Crippen molar-refractivity contribution in [2.75, 3.05) is 11.9 Å². The van der Waals surface area contributed by atoms with Gasteiger partial charge in [-0.05, 0) is 42.3 Å². The number of rotatable bonds is 8. The van der Waals surface area contributed by atoms with Crippen LogP contribution in [0.15, 0.2) is 66.9 Å². The van der Waals surface area contributed by atoms with Crippen LogP contribution in [0.1, 0.15) is 18.1 Å². The summed E-state index contributed by atoms with van der Waals surface area (Å²) in [5.41, 5.74) is 2.07. The molecule has 1 heterocycles. The smallest absolute Gasteiger partial charge is 0.180 e. The maximum Gasteiger partial charge on any atom is 0.180 e. The number of nitrogens with one attached hydrogen (secondary N) is 1. The number of aromatic nitrogens is 1. The van der Waals surface area contributed by atoms with Gasteiger partial charge in [-0.1, -0.05) is 48.0 Å². The minimum atomic E-state index is 0.437. The predicted molar refractivity (Wildman–Crippen MR) is 105 cm³/mol. The number of pyridine rings is 1. The summed E-state index contributed by atoms with van der Waals surface area (Å²) < 4.78 is 11.7. The van der Waals surface area contributed by atoms with E-state index in [0.717, 1.165) is 16.9 Å². The Hall–Kier alpha value is -2.72. The van der Waals surface area contributed by atoms with Crippen LogP contribution in [0.3, 0.4) is 0 Å². The molecule has 3 aromatic rings. The topological polar surface area (TPSA) is 43.4 Å². The van der Waals surface area contributed by atoms with Crippen LogP contribution in [0, 0.1) is 0 Å². The average molecular weight is 369 g/mol. The molecule has 0 aliphatic rings. The molecular formula is C21H21ClN2O2. The standard InChI is InChI=1S/C21H21ClN2O2/c1-2-25-19-13-17(14-24-20-10-6-7-11-23-20)12-18(22)21(19)26-15-16-8-4-3-5-9-16/h3-13H,2,14-15H2,1H3,(H,23,24). The molecule has 26 heavy (non-hydrogen) atoms. The van der Waals surface area contributed by atoms with Crippen molar-refractivity contribution in [3.05, 3.63) is 83.0 Å². The van der Waals surface area contributed by atoms with Gasteiger partial charge in [-0.2, -0.15) is 0 Å². The van der Waals surface area contributed by atoms with Gasteiger partial charge >= 0.3 is 0 Å². The van der Waals surface area contributed by atoms with Gasteiger partial charge in [0.2, 0.25) is 0 Å². The van der Waals surface area contributed by atoms with Crippen LogP contribution in [0.2, 0.25) is 5.02 Å². The van der Waals surface area contributed by atoms with E-state index in [1.807, 2.05) is 67.6 Å². The number of anilines is 1. The molecule has 1 aromatic heterocycles. The molecule has 0 aliphatic heterocycles. The number of ether oxygens (including phenoxy) is 2. The van der Waals surface area contributed by atoms with Gasteiger partial charge in [0.25, 0.3) is 0 Å². The second kappa shape index (κ2) is 9.11. The summed E-state index contributed by atoms with van der Waals surface area (Å²) in [6.07, 6.45) is 1.75. The Bertz CT molecular complexity index is 826. The van der Waals surface area contributed by atoms with Gasteiger partial charge in [-0.3, -0.25) is 0 Å². The first-order valence-corrected chi connectivity index (χ1v) is 8.91. The Kier molecular flexibility index (Phi) is 6.34. The number of benzene rings is 2. The third kappa shape index (κ3) is 4.90. The minimum absolute atomic E-state index is 0.437. The summed E-state index contributed by atoms with van der Waals surface area (Å²) in [5.74, 6) is 2.03. The molecule has 0 radical (unpaired) electrons. The molecule has 0 unspecified atom stereocenters. The number of halogens is 1. The van der Waals surface area contributed by atoms with Crippen LogP contribution in [0.4, 0.5) is 5.82 Å². The minimum Gasteiger partial charge on any atom is -0.490 e. The highest BCUT2D eigenvalue weighted by atomic mass is 35.5. The van der Waals surface area contributed by atoms with Gasteiger partial charge in [-0.25, -0.2) is 4.98 Å². The third-order valence-electron chi connectivity index (χ3n) is 3.73. The van der Waals surface area contributed by atoms with E-state index in [9.17, 15) is 0 Å². The van der Waals surface area contributed by atoms with E-state index >= 15 is 0 Å². The van der Waals surface area contributed by atoms with Crippen molar-refractivity contribution in [1.29, 1.82) is 0 Å². The van der Waals surface area contributed by atoms with Gasteiger partial charge in [0.1, 0.15) is 12.4 Å². The van der Waals surface area contributed by atoms with Crippen LogP contribution in [0.5, 0.6) is 11.5 Å². The Labute approximate surface area is 158 Å². The van der Waals surface area contributed by atoms with Crippen LogP contribution in [0.25, 0.3) is 0 Å². The van der Waals surface area contributed by atoms with E-state index in [1.54, 1.807) is 6.20 Å². The first kappa shape index (κ1) is 18.1. The second-order valence-corrected chi connectivity index (χ2v) is 6.09. The Morgan fingerprint density at radius 2 is 1.77 bits per heavy atom. The largest absolute Gasteiger partial charge is 0.490 e. The summed E-state index contributed by atoms with van der Waals surface area (Å²) in [6, 6.07) is 19.5. The highest BCUT2D eigenvalue weighted by Gasteiger charge is 2.13.